The van der Waals surface area contributed by atoms with E-state index in [1.165, 1.54) is 19.2 Å². The summed E-state index contributed by atoms with van der Waals surface area (Å²) in [7, 11) is -2.30. The van der Waals surface area contributed by atoms with Crippen LogP contribution in [0.25, 0.3) is 11.0 Å². The maximum Gasteiger partial charge on any atom is 0.262 e. The second-order valence-corrected chi connectivity index (χ2v) is 8.14. The first-order chi connectivity index (χ1) is 14.5. The lowest BCUT2D eigenvalue weighted by Crippen LogP contribution is -2.26. The van der Waals surface area contributed by atoms with Gasteiger partial charge in [-0.05, 0) is 36.2 Å². The Bertz CT molecular complexity index is 1080. The Hall–Kier alpha value is -2.21. The van der Waals surface area contributed by atoms with Crippen LogP contribution in [0.3, 0.4) is 0 Å². The monoisotopic (exact) mass is 471 g/mol. The predicted octanol–water partition coefficient (Wildman–Crippen LogP) is 3.09. The van der Waals surface area contributed by atoms with E-state index in [-0.39, 0.29) is 17.3 Å². The van der Waals surface area contributed by atoms with Crippen molar-refractivity contribution in [2.24, 2.45) is 5.73 Å². The van der Waals surface area contributed by atoms with E-state index in [9.17, 15) is 8.42 Å². The van der Waals surface area contributed by atoms with Crippen LogP contribution in [0.15, 0.2) is 51.9 Å². The molecular weight excluding hydrogens is 446 g/mol. The summed E-state index contributed by atoms with van der Waals surface area (Å²) in [5.74, 6) is 0.531. The Balaban J connectivity index is 0.00000341. The van der Waals surface area contributed by atoms with Crippen LogP contribution in [0.4, 0.5) is 0 Å². The Labute approximate surface area is 187 Å². The fourth-order valence-corrected chi connectivity index (χ4v) is 3.81. The highest BCUT2D eigenvalue weighted by atomic mass is 35.5. The van der Waals surface area contributed by atoms with Crippen molar-refractivity contribution in [3.8, 4) is 5.75 Å². The van der Waals surface area contributed by atoms with Gasteiger partial charge in [0.05, 0.1) is 30.6 Å². The van der Waals surface area contributed by atoms with E-state index in [4.69, 9.17) is 24.6 Å². The normalized spacial score (nSPS) is 12.5. The molecule has 0 bridgehead atoms. The molecule has 0 aliphatic carbocycles. The number of aromatic nitrogens is 1. The minimum Gasteiger partial charge on any atom is -0.496 e. The number of halogens is 1. The number of hydrogen-bond acceptors (Lipinski definition) is 8. The average Bonchev–Trinajstić information content (AvgIpc) is 3.18. The summed E-state index contributed by atoms with van der Waals surface area (Å²) in [4.78, 5) is 7.80. The number of methoxy groups -OCH3 is 1. The molecule has 0 radical (unpaired) electrons. The Morgan fingerprint density at radius 2 is 1.97 bits per heavy atom. The highest BCUT2D eigenvalue weighted by Gasteiger charge is 2.25. The highest BCUT2D eigenvalue weighted by molar-refractivity contribution is 7.89. The average molecular weight is 472 g/mol. The molecule has 0 saturated carbocycles. The third-order valence-electron chi connectivity index (χ3n) is 4.40. The Morgan fingerprint density at radius 3 is 2.61 bits per heavy atom. The number of nitrogens with two attached hydrogens (primary N) is 1. The first kappa shape index (κ1) is 25.1. The van der Waals surface area contributed by atoms with Gasteiger partial charge in [-0.15, -0.1) is 12.4 Å². The number of fused-ring (bicyclic) bond motifs is 1. The Morgan fingerprint density at radius 1 is 1.23 bits per heavy atom. The van der Waals surface area contributed by atoms with Gasteiger partial charge in [-0.25, -0.2) is 8.42 Å². The number of nitrogens with one attached hydrogen (secondary N) is 1. The van der Waals surface area contributed by atoms with E-state index in [1.807, 2.05) is 13.0 Å². The van der Waals surface area contributed by atoms with Gasteiger partial charge in [-0.1, -0.05) is 35.2 Å². The van der Waals surface area contributed by atoms with Crippen LogP contribution >= 0.6 is 12.4 Å². The zero-order valence-corrected chi connectivity index (χ0v) is 18.9. The van der Waals surface area contributed by atoms with Crippen LogP contribution < -0.4 is 15.4 Å². The van der Waals surface area contributed by atoms with Crippen LogP contribution in [0.2, 0.25) is 0 Å². The van der Waals surface area contributed by atoms with Crippen molar-refractivity contribution >= 4 is 33.4 Å². The van der Waals surface area contributed by atoms with Crippen LogP contribution in [0.5, 0.6) is 5.75 Å². The summed E-state index contributed by atoms with van der Waals surface area (Å²) in [5.41, 5.74) is 7.22. The summed E-state index contributed by atoms with van der Waals surface area (Å²) >= 11 is 0. The van der Waals surface area contributed by atoms with E-state index >= 15 is 0 Å². The van der Waals surface area contributed by atoms with Gasteiger partial charge in [0.1, 0.15) is 17.5 Å². The van der Waals surface area contributed by atoms with Crippen molar-refractivity contribution < 1.29 is 27.3 Å². The molecule has 31 heavy (non-hydrogen) atoms. The van der Waals surface area contributed by atoms with Gasteiger partial charge in [-0.3, -0.25) is 4.84 Å². The van der Waals surface area contributed by atoms with E-state index in [2.05, 4.69) is 10.0 Å². The molecule has 0 saturated heterocycles. The zero-order valence-electron chi connectivity index (χ0n) is 17.2. The highest BCUT2D eigenvalue weighted by Crippen LogP contribution is 2.35. The molecule has 0 aliphatic heterocycles. The molecule has 11 heteroatoms. The largest absolute Gasteiger partial charge is 0.496 e. The van der Waals surface area contributed by atoms with Crippen molar-refractivity contribution in [2.75, 3.05) is 20.3 Å². The van der Waals surface area contributed by atoms with Crippen LogP contribution in [-0.2, 0) is 26.2 Å². The zero-order chi connectivity index (χ0) is 21.6. The standard InChI is InChI=1S/C20H25N3O6S.ClH/c1-3-16(29-23-30(24,25)15-7-5-4-6-8-15)20-19-17(26-2)11-14(13-27-10-9-21)12-18(19)28-22-20;/h4-8,11-12,16,23H,3,9-10,13,21H2,1-2H3;1H. The SMILES string of the molecule is CCC(ONS(=O)(=O)c1ccccc1)c1noc2cc(COCCN)cc(OC)c12.Cl. The Kier molecular flexibility index (Phi) is 9.23. The molecule has 2 aromatic carbocycles. The number of nitrogens with zero attached hydrogens (tertiary/aromatic N) is 1. The summed E-state index contributed by atoms with van der Waals surface area (Å²) in [6.07, 6.45) is -0.235. The van der Waals surface area contributed by atoms with Crippen LogP contribution in [0, 0.1) is 0 Å². The molecule has 1 atom stereocenters. The first-order valence-corrected chi connectivity index (χ1v) is 10.9. The van der Waals surface area contributed by atoms with E-state index in [0.717, 1.165) is 5.56 Å². The van der Waals surface area contributed by atoms with Crippen molar-refractivity contribution in [3.05, 3.63) is 53.7 Å². The van der Waals surface area contributed by atoms with Crippen molar-refractivity contribution in [1.29, 1.82) is 0 Å². The lowest BCUT2D eigenvalue weighted by Gasteiger charge is -2.15. The van der Waals surface area contributed by atoms with Crippen molar-refractivity contribution in [1.82, 2.24) is 10.0 Å². The molecule has 170 valence electrons. The van der Waals surface area contributed by atoms with Gasteiger partial charge >= 0.3 is 0 Å². The molecule has 3 N–H and O–H groups in total. The molecule has 1 heterocycles. The van der Waals surface area contributed by atoms with Crippen LogP contribution in [0.1, 0.15) is 30.7 Å². The molecule has 0 spiro atoms. The second-order valence-electron chi connectivity index (χ2n) is 6.49. The fraction of sp³-hybridized carbons (Fsp3) is 0.350. The topological polar surface area (TPSA) is 126 Å². The molecule has 1 aromatic heterocycles. The number of rotatable bonds is 11. The minimum atomic E-state index is -3.83. The van der Waals surface area contributed by atoms with Crippen molar-refractivity contribution in [2.45, 2.75) is 31.0 Å². The molecule has 0 amide bonds. The van der Waals surface area contributed by atoms with Gasteiger partial charge in [-0.2, -0.15) is 0 Å². The number of ether oxygens (including phenoxy) is 2. The van der Waals surface area contributed by atoms with Gasteiger partial charge in [0.25, 0.3) is 10.0 Å². The lowest BCUT2D eigenvalue weighted by molar-refractivity contribution is 0.0104. The molecule has 3 rings (SSSR count). The lowest BCUT2D eigenvalue weighted by atomic mass is 10.1. The molecule has 1 unspecified atom stereocenters. The second kappa shape index (κ2) is 11.4. The van der Waals surface area contributed by atoms with Gasteiger partial charge in [0.2, 0.25) is 0 Å². The van der Waals surface area contributed by atoms with Crippen molar-refractivity contribution in [3.63, 3.8) is 0 Å². The van der Waals surface area contributed by atoms with Crippen LogP contribution in [-0.4, -0.2) is 33.8 Å². The summed E-state index contributed by atoms with van der Waals surface area (Å²) in [5, 5.41) is 4.73. The molecular formula is C20H26ClN3O6S. The van der Waals surface area contributed by atoms with Gasteiger partial charge in [0.15, 0.2) is 5.58 Å². The number of hydrogen-bond donors (Lipinski definition) is 2. The third kappa shape index (κ3) is 5.94. The molecule has 9 nitrogen and oxygen atoms in total. The minimum absolute atomic E-state index is 0. The van der Waals surface area contributed by atoms with E-state index < -0.39 is 16.1 Å². The quantitative estimate of drug-likeness (QED) is 0.322. The maximum absolute atomic E-state index is 12.5. The maximum atomic E-state index is 12.5. The fourth-order valence-electron chi connectivity index (χ4n) is 2.95. The van der Waals surface area contributed by atoms with Gasteiger partial charge < -0.3 is 19.7 Å². The van der Waals surface area contributed by atoms with Gasteiger partial charge in [0, 0.05) is 6.54 Å². The number of sulfonamides is 1. The molecule has 0 aliphatic rings. The summed E-state index contributed by atoms with van der Waals surface area (Å²) < 4.78 is 41.3. The van der Waals surface area contributed by atoms with E-state index in [1.54, 1.807) is 24.3 Å². The number of benzene rings is 2. The summed E-state index contributed by atoms with van der Waals surface area (Å²) in [6, 6.07) is 11.6. The predicted molar refractivity (Wildman–Crippen MR) is 117 cm³/mol. The molecule has 3 aromatic rings. The van der Waals surface area contributed by atoms with E-state index in [0.29, 0.717) is 48.6 Å². The smallest absolute Gasteiger partial charge is 0.262 e. The third-order valence-corrected chi connectivity index (χ3v) is 5.61. The summed E-state index contributed by atoms with van der Waals surface area (Å²) in [6.45, 7) is 3.07. The molecule has 0 fully saturated rings. The first-order valence-electron chi connectivity index (χ1n) is 9.46.